The number of esters is 1. The molecule has 1 rings (SSSR count). The van der Waals surface area contributed by atoms with Crippen LogP contribution in [0.1, 0.15) is 104 Å². The molecule has 1 aromatic carbocycles. The minimum Gasteiger partial charge on any atom is -0.504 e. The lowest BCUT2D eigenvalue weighted by Crippen LogP contribution is -2.10. The first kappa shape index (κ1) is 24.3. The van der Waals surface area contributed by atoms with Crippen LogP contribution in [-0.4, -0.2) is 16.2 Å². The van der Waals surface area contributed by atoms with Crippen LogP contribution < -0.4 is 4.74 Å². The molecule has 1 aromatic rings. The second-order valence-corrected chi connectivity index (χ2v) is 7.91. The van der Waals surface area contributed by atoms with Gasteiger partial charge in [-0.05, 0) is 24.5 Å². The van der Waals surface area contributed by atoms with Gasteiger partial charge >= 0.3 is 5.97 Å². The van der Waals surface area contributed by atoms with Gasteiger partial charge in [0.25, 0.3) is 0 Å². The second-order valence-electron chi connectivity index (χ2n) is 7.91. The quantitative estimate of drug-likeness (QED) is 0.136. The number of phenols is 2. The van der Waals surface area contributed by atoms with E-state index in [2.05, 4.69) is 13.8 Å². The zero-order valence-electron chi connectivity index (χ0n) is 17.9. The van der Waals surface area contributed by atoms with Crippen LogP contribution in [0.4, 0.5) is 0 Å². The normalized spacial score (nSPS) is 12.1. The van der Waals surface area contributed by atoms with Crippen LogP contribution in [0.2, 0.25) is 0 Å². The molecule has 0 aliphatic rings. The SMILES string of the molecule is CCCCCCCCCCCCC(CC)CCC(=O)Oc1ccc(O)c(O)c1. The summed E-state index contributed by atoms with van der Waals surface area (Å²) in [7, 11) is 0. The maximum Gasteiger partial charge on any atom is 0.311 e. The highest BCUT2D eigenvalue weighted by Gasteiger charge is 2.12. The van der Waals surface area contributed by atoms with E-state index < -0.39 is 0 Å². The molecule has 0 heterocycles. The highest BCUT2D eigenvalue weighted by atomic mass is 16.5. The molecule has 2 N–H and O–H groups in total. The lowest BCUT2D eigenvalue weighted by molar-refractivity contribution is -0.134. The summed E-state index contributed by atoms with van der Waals surface area (Å²) in [5.41, 5.74) is 0. The lowest BCUT2D eigenvalue weighted by atomic mass is 9.93. The van der Waals surface area contributed by atoms with Gasteiger partial charge in [0.2, 0.25) is 0 Å². The standard InChI is InChI=1S/C24H40O4/c1-3-5-6-7-8-9-10-11-12-13-14-20(4-2)15-18-24(27)28-21-16-17-22(25)23(26)19-21/h16-17,19-20,25-26H,3-15,18H2,1-2H3. The summed E-state index contributed by atoms with van der Waals surface area (Å²) < 4.78 is 5.24. The Labute approximate surface area is 171 Å². The van der Waals surface area contributed by atoms with Gasteiger partial charge < -0.3 is 14.9 Å². The third-order valence-corrected chi connectivity index (χ3v) is 5.48. The summed E-state index contributed by atoms with van der Waals surface area (Å²) in [6.07, 6.45) is 17.0. The fraction of sp³-hybridized carbons (Fsp3) is 0.708. The molecule has 0 aromatic heterocycles. The Balaban J connectivity index is 2.09. The monoisotopic (exact) mass is 392 g/mol. The molecule has 160 valence electrons. The van der Waals surface area contributed by atoms with Gasteiger partial charge in [-0.15, -0.1) is 0 Å². The predicted molar refractivity (Wildman–Crippen MR) is 115 cm³/mol. The van der Waals surface area contributed by atoms with E-state index in [4.69, 9.17) is 4.74 Å². The van der Waals surface area contributed by atoms with E-state index in [0.29, 0.717) is 12.3 Å². The van der Waals surface area contributed by atoms with Crippen molar-refractivity contribution in [3.05, 3.63) is 18.2 Å². The van der Waals surface area contributed by atoms with Crippen LogP contribution in [0.25, 0.3) is 0 Å². The third kappa shape index (κ3) is 11.2. The molecular weight excluding hydrogens is 352 g/mol. The van der Waals surface area contributed by atoms with Crippen LogP contribution in [0, 0.1) is 5.92 Å². The predicted octanol–water partition coefficient (Wildman–Crippen LogP) is 7.12. The molecule has 1 unspecified atom stereocenters. The van der Waals surface area contributed by atoms with Gasteiger partial charge in [0.15, 0.2) is 11.5 Å². The molecule has 0 aliphatic heterocycles. The molecule has 0 radical (unpaired) electrons. The summed E-state index contributed by atoms with van der Waals surface area (Å²) in [6, 6.07) is 4.06. The lowest BCUT2D eigenvalue weighted by Gasteiger charge is -2.14. The zero-order chi connectivity index (χ0) is 20.6. The minimum atomic E-state index is -0.286. The molecule has 4 nitrogen and oxygen atoms in total. The molecule has 0 saturated carbocycles. The first-order valence-electron chi connectivity index (χ1n) is 11.3. The van der Waals surface area contributed by atoms with E-state index in [1.54, 1.807) is 0 Å². The molecule has 0 fully saturated rings. The fourth-order valence-corrected chi connectivity index (χ4v) is 3.54. The van der Waals surface area contributed by atoms with Crippen LogP contribution >= 0.6 is 0 Å². The van der Waals surface area contributed by atoms with Crippen molar-refractivity contribution >= 4 is 5.97 Å². The molecule has 28 heavy (non-hydrogen) atoms. The van der Waals surface area contributed by atoms with Gasteiger partial charge in [0.1, 0.15) is 5.75 Å². The van der Waals surface area contributed by atoms with Crippen LogP contribution in [0.15, 0.2) is 18.2 Å². The van der Waals surface area contributed by atoms with Crippen molar-refractivity contribution in [3.63, 3.8) is 0 Å². The van der Waals surface area contributed by atoms with E-state index in [-0.39, 0.29) is 23.2 Å². The minimum absolute atomic E-state index is 0.220. The largest absolute Gasteiger partial charge is 0.504 e. The summed E-state index contributed by atoms with van der Waals surface area (Å²) in [5, 5.41) is 18.7. The van der Waals surface area contributed by atoms with Crippen molar-refractivity contribution < 1.29 is 19.7 Å². The number of ether oxygens (including phenoxy) is 1. The van der Waals surface area contributed by atoms with E-state index in [0.717, 1.165) is 12.8 Å². The summed E-state index contributed by atoms with van der Waals surface area (Å²) in [6.45, 7) is 4.44. The molecular formula is C24H40O4. The van der Waals surface area contributed by atoms with Gasteiger partial charge in [-0.25, -0.2) is 0 Å². The number of carbonyl (C=O) groups is 1. The first-order chi connectivity index (χ1) is 13.6. The van der Waals surface area contributed by atoms with Crippen molar-refractivity contribution in [1.82, 2.24) is 0 Å². The number of hydrogen-bond donors (Lipinski definition) is 2. The summed E-state index contributed by atoms with van der Waals surface area (Å²) in [5.74, 6) is 0.0458. The van der Waals surface area contributed by atoms with E-state index in [9.17, 15) is 15.0 Å². The van der Waals surface area contributed by atoms with Gasteiger partial charge in [0.05, 0.1) is 0 Å². The van der Waals surface area contributed by atoms with Gasteiger partial charge in [-0.1, -0.05) is 90.9 Å². The summed E-state index contributed by atoms with van der Waals surface area (Å²) in [4.78, 5) is 12.0. The molecule has 0 saturated heterocycles. The topological polar surface area (TPSA) is 66.8 Å². The smallest absolute Gasteiger partial charge is 0.311 e. The average Bonchev–Trinajstić information content (AvgIpc) is 2.68. The zero-order valence-corrected chi connectivity index (χ0v) is 17.9. The number of unbranched alkanes of at least 4 members (excludes halogenated alkanes) is 9. The van der Waals surface area contributed by atoms with Crippen LogP contribution in [-0.2, 0) is 4.79 Å². The maximum atomic E-state index is 12.0. The van der Waals surface area contributed by atoms with Crippen molar-refractivity contribution in [2.45, 2.75) is 104 Å². The Bertz CT molecular complexity index is 541. The van der Waals surface area contributed by atoms with E-state index in [1.807, 2.05) is 0 Å². The number of carbonyl (C=O) groups excluding carboxylic acids is 1. The first-order valence-corrected chi connectivity index (χ1v) is 11.3. The van der Waals surface area contributed by atoms with Crippen molar-refractivity contribution in [2.75, 3.05) is 0 Å². The molecule has 0 spiro atoms. The van der Waals surface area contributed by atoms with E-state index >= 15 is 0 Å². The van der Waals surface area contributed by atoms with Crippen molar-refractivity contribution in [1.29, 1.82) is 0 Å². The fourth-order valence-electron chi connectivity index (χ4n) is 3.54. The molecule has 1 atom stereocenters. The highest BCUT2D eigenvalue weighted by Crippen LogP contribution is 2.29. The number of benzene rings is 1. The van der Waals surface area contributed by atoms with Crippen molar-refractivity contribution in [3.8, 4) is 17.2 Å². The number of rotatable bonds is 16. The molecule has 0 aliphatic carbocycles. The van der Waals surface area contributed by atoms with Crippen LogP contribution in [0.3, 0.4) is 0 Å². The molecule has 0 amide bonds. The Kier molecular flexibility index (Phi) is 13.2. The van der Waals surface area contributed by atoms with Crippen LogP contribution in [0.5, 0.6) is 17.2 Å². The number of hydrogen-bond acceptors (Lipinski definition) is 4. The molecule has 0 bridgehead atoms. The number of aromatic hydroxyl groups is 2. The van der Waals surface area contributed by atoms with Gasteiger partial charge in [-0.2, -0.15) is 0 Å². The highest BCUT2D eigenvalue weighted by molar-refractivity contribution is 5.72. The maximum absolute atomic E-state index is 12.0. The Morgan fingerprint density at radius 1 is 0.857 bits per heavy atom. The Hall–Kier alpha value is -1.71. The van der Waals surface area contributed by atoms with Gasteiger partial charge in [-0.3, -0.25) is 4.79 Å². The van der Waals surface area contributed by atoms with E-state index in [1.165, 1.54) is 88.8 Å². The average molecular weight is 393 g/mol. The summed E-state index contributed by atoms with van der Waals surface area (Å²) >= 11 is 0. The van der Waals surface area contributed by atoms with Crippen molar-refractivity contribution in [2.24, 2.45) is 5.92 Å². The Morgan fingerprint density at radius 2 is 1.46 bits per heavy atom. The number of phenolic OH excluding ortho intramolecular Hbond substituents is 2. The Morgan fingerprint density at radius 3 is 2.04 bits per heavy atom. The molecule has 4 heteroatoms. The third-order valence-electron chi connectivity index (χ3n) is 5.48. The van der Waals surface area contributed by atoms with Gasteiger partial charge in [0, 0.05) is 12.5 Å². The second kappa shape index (κ2) is 15.2.